The van der Waals surface area contributed by atoms with Crippen molar-refractivity contribution >= 4 is 22.2 Å². The molecule has 1 rings (SSSR count). The van der Waals surface area contributed by atoms with Gasteiger partial charge in [-0.05, 0) is 0 Å². The van der Waals surface area contributed by atoms with Gasteiger partial charge in [-0.15, -0.1) is 0 Å². The summed E-state index contributed by atoms with van der Waals surface area (Å²) in [4.78, 5) is -3.82. The van der Waals surface area contributed by atoms with Crippen LogP contribution in [0.2, 0.25) is 0 Å². The first kappa shape index (κ1) is 22.6. The first-order chi connectivity index (χ1) is 8.21. The van der Waals surface area contributed by atoms with Crippen molar-refractivity contribution in [3.8, 4) is 0 Å². The Bertz CT molecular complexity index is 554. The molecule has 0 amide bonds. The summed E-state index contributed by atoms with van der Waals surface area (Å²) in [5, 5.41) is 12.1. The number of hydrogen-bond acceptors (Lipinski definition) is 7. The van der Waals surface area contributed by atoms with Gasteiger partial charge >= 0.3 is 37.7 Å². The van der Waals surface area contributed by atoms with Crippen LogP contribution >= 0.6 is 12.0 Å². The molecule has 0 heterocycles. The number of halogens is 4. The van der Waals surface area contributed by atoms with Crippen molar-refractivity contribution in [2.24, 2.45) is 0 Å². The van der Waals surface area contributed by atoms with Crippen LogP contribution in [0.1, 0.15) is 0 Å². The van der Waals surface area contributed by atoms with Gasteiger partial charge in [0, 0.05) is 0 Å². The third-order valence-corrected chi connectivity index (χ3v) is 3.09. The molecule has 0 saturated heterocycles. The molecule has 20 heavy (non-hydrogen) atoms. The average Bonchev–Trinajstić information content (AvgIpc) is 2.25. The molecule has 0 aliphatic heterocycles. The molecule has 0 spiro atoms. The summed E-state index contributed by atoms with van der Waals surface area (Å²) in [6.45, 7) is 0. The van der Waals surface area contributed by atoms with E-state index < -0.39 is 55.2 Å². The Hall–Kier alpha value is 0.275. The molecule has 0 unspecified atom stereocenters. The van der Waals surface area contributed by atoms with Gasteiger partial charge in [0.25, 0.3) is 0 Å². The van der Waals surface area contributed by atoms with Crippen LogP contribution < -0.4 is 43.0 Å². The van der Waals surface area contributed by atoms with Gasteiger partial charge < -0.3 is 9.81 Å². The first-order valence-corrected chi connectivity index (χ1v) is 5.81. The van der Waals surface area contributed by atoms with Gasteiger partial charge in [-0.3, -0.25) is 5.04 Å². The van der Waals surface area contributed by atoms with E-state index in [0.29, 0.717) is 0 Å². The number of rotatable bonds is 4. The van der Waals surface area contributed by atoms with Gasteiger partial charge in [-0.1, -0.05) is 0 Å². The minimum atomic E-state index is -5.77. The van der Waals surface area contributed by atoms with E-state index in [1.54, 1.807) is 0 Å². The molecule has 0 atom stereocenters. The minimum Gasteiger partial charge on any atom is -0.744 e. The van der Waals surface area contributed by atoms with E-state index in [0.717, 1.165) is 0 Å². The largest absolute Gasteiger partial charge is 1.00 e. The van der Waals surface area contributed by atoms with Gasteiger partial charge in [-0.25, -0.2) is 26.0 Å². The summed E-state index contributed by atoms with van der Waals surface area (Å²) in [7, 11) is -5.77. The number of hydrogen-bond donors (Lipinski definition) is 0. The topological polar surface area (TPSA) is 98.7 Å². The van der Waals surface area contributed by atoms with Crippen molar-refractivity contribution in [2.75, 3.05) is 0 Å². The Morgan fingerprint density at radius 3 is 1.65 bits per heavy atom. The van der Waals surface area contributed by atoms with Crippen molar-refractivity contribution in [2.45, 2.75) is 9.79 Å². The van der Waals surface area contributed by atoms with Crippen molar-refractivity contribution in [1.29, 1.82) is 0 Å². The number of benzene rings is 1. The van der Waals surface area contributed by atoms with E-state index in [-0.39, 0.29) is 37.7 Å². The maximum Gasteiger partial charge on any atom is 1.00 e. The summed E-state index contributed by atoms with van der Waals surface area (Å²) in [6.07, 6.45) is 0. The molecule has 0 aliphatic rings. The zero-order chi connectivity index (χ0) is 14.1. The molecular formula is C6F4Li2O6S2. The van der Waals surface area contributed by atoms with E-state index >= 15 is 0 Å². The van der Waals surface area contributed by atoms with E-state index in [1.165, 1.54) is 0 Å². The van der Waals surface area contributed by atoms with Crippen LogP contribution in [-0.4, -0.2) is 13.0 Å². The van der Waals surface area contributed by atoms with Gasteiger partial charge in [-0.2, -0.15) is 4.33 Å². The molecule has 1 aromatic carbocycles. The fraction of sp³-hybridized carbons (Fsp3) is 0. The molecule has 1 aromatic rings. The van der Waals surface area contributed by atoms with Crippen molar-refractivity contribution in [3.05, 3.63) is 23.3 Å². The zero-order valence-corrected chi connectivity index (χ0v) is 11.4. The second-order valence-corrected chi connectivity index (χ2v) is 4.62. The van der Waals surface area contributed by atoms with Gasteiger partial charge in [0.1, 0.15) is 19.9 Å². The fourth-order valence-corrected chi connectivity index (χ4v) is 1.97. The molecule has 0 saturated carbocycles. The van der Waals surface area contributed by atoms with Crippen molar-refractivity contribution in [3.63, 3.8) is 0 Å². The fourth-order valence-electron chi connectivity index (χ4n) is 0.932. The average molecular weight is 322 g/mol. The van der Waals surface area contributed by atoms with Crippen LogP contribution in [0.5, 0.6) is 0 Å². The van der Waals surface area contributed by atoms with Crippen LogP contribution in [0.3, 0.4) is 0 Å². The van der Waals surface area contributed by atoms with Crippen LogP contribution in [0, 0.1) is 23.3 Å². The standard InChI is InChI=1S/C6H2F4O6S2.2Li/c7-1-3(9)6(18(12,13)14)4(10)2(8)5(1)17-16-15-11;;/h11H,(H,12,13,14);;/q;2*+1/p-2. The molecule has 0 bridgehead atoms. The van der Waals surface area contributed by atoms with E-state index in [2.05, 4.69) is 9.37 Å². The summed E-state index contributed by atoms with van der Waals surface area (Å²) in [5.74, 6) is -9.29. The van der Waals surface area contributed by atoms with Crippen molar-refractivity contribution < 1.29 is 82.9 Å². The van der Waals surface area contributed by atoms with E-state index in [9.17, 15) is 35.8 Å². The molecule has 0 aromatic heterocycles. The summed E-state index contributed by atoms with van der Waals surface area (Å²) in [6, 6.07) is 0. The predicted octanol–water partition coefficient (Wildman–Crippen LogP) is -5.61. The Labute approximate surface area is 138 Å². The molecular weight excluding hydrogens is 322 g/mol. The van der Waals surface area contributed by atoms with Gasteiger partial charge in [0.05, 0.1) is 12.0 Å². The van der Waals surface area contributed by atoms with Crippen LogP contribution in [0.15, 0.2) is 9.79 Å². The first-order valence-electron chi connectivity index (χ1n) is 3.66. The third kappa shape index (κ3) is 4.64. The third-order valence-electron chi connectivity index (χ3n) is 1.58. The van der Waals surface area contributed by atoms with E-state index in [1.807, 2.05) is 0 Å². The Morgan fingerprint density at radius 2 is 1.35 bits per heavy atom. The second-order valence-electron chi connectivity index (χ2n) is 2.59. The minimum absolute atomic E-state index is 0. The normalized spacial score (nSPS) is 10.7. The SMILES string of the molecule is O=S(=O)([O-])c1c(F)c(F)c(SOO[O-])c(F)c1F.[Li+].[Li+]. The maximum atomic E-state index is 13.1. The Kier molecular flexibility index (Phi) is 9.76. The molecule has 0 N–H and O–H groups in total. The Morgan fingerprint density at radius 1 is 0.950 bits per heavy atom. The molecule has 0 radical (unpaired) electrons. The maximum absolute atomic E-state index is 13.1. The van der Waals surface area contributed by atoms with Gasteiger partial charge in [0.15, 0.2) is 23.3 Å². The predicted molar refractivity (Wildman–Crippen MR) is 42.3 cm³/mol. The zero-order valence-electron chi connectivity index (χ0n) is 9.78. The molecule has 6 nitrogen and oxygen atoms in total. The Balaban J connectivity index is 0. The molecule has 0 aliphatic carbocycles. The van der Waals surface area contributed by atoms with Crippen LogP contribution in [-0.2, 0) is 19.5 Å². The second kappa shape index (κ2) is 8.65. The molecule has 14 heteroatoms. The molecule has 0 fully saturated rings. The van der Waals surface area contributed by atoms with E-state index in [4.69, 9.17) is 0 Å². The summed E-state index contributed by atoms with van der Waals surface area (Å²) >= 11 is -0.540. The summed E-state index contributed by atoms with van der Waals surface area (Å²) in [5.41, 5.74) is 0. The summed E-state index contributed by atoms with van der Waals surface area (Å²) < 4.78 is 87.1. The monoisotopic (exact) mass is 322 g/mol. The smallest absolute Gasteiger partial charge is 0.744 e. The quantitative estimate of drug-likeness (QED) is 0.104. The van der Waals surface area contributed by atoms with Crippen molar-refractivity contribution in [1.82, 2.24) is 0 Å². The molecule has 102 valence electrons. The van der Waals surface area contributed by atoms with Crippen LogP contribution in [0.4, 0.5) is 17.6 Å². The van der Waals surface area contributed by atoms with Gasteiger partial charge in [0.2, 0.25) is 0 Å². The van der Waals surface area contributed by atoms with Crippen LogP contribution in [0.25, 0.3) is 0 Å².